The minimum absolute atomic E-state index is 0.0513. The molecule has 4 heteroatoms. The lowest BCUT2D eigenvalue weighted by molar-refractivity contribution is -0.0448. The molecule has 0 bridgehead atoms. The SMILES string of the molecule is OC1CCOC(c2ccc(Br)c(I)c2)C1. The molecule has 0 spiro atoms. The number of hydrogen-bond donors (Lipinski definition) is 1. The van der Waals surface area contributed by atoms with Gasteiger partial charge in [0.05, 0.1) is 12.2 Å². The number of rotatable bonds is 1. The van der Waals surface area contributed by atoms with E-state index in [4.69, 9.17) is 4.74 Å². The summed E-state index contributed by atoms with van der Waals surface area (Å²) in [5, 5.41) is 9.57. The van der Waals surface area contributed by atoms with Gasteiger partial charge in [0.1, 0.15) is 0 Å². The van der Waals surface area contributed by atoms with Gasteiger partial charge >= 0.3 is 0 Å². The molecule has 1 aliphatic rings. The first kappa shape index (κ1) is 11.8. The van der Waals surface area contributed by atoms with Crippen molar-refractivity contribution in [2.24, 2.45) is 0 Å². The molecule has 2 atom stereocenters. The highest BCUT2D eigenvalue weighted by atomic mass is 127. The molecule has 1 aliphatic heterocycles. The third-order valence-electron chi connectivity index (χ3n) is 2.57. The van der Waals surface area contributed by atoms with Gasteiger partial charge in [-0.25, -0.2) is 0 Å². The number of aliphatic hydroxyl groups excluding tert-OH is 1. The average Bonchev–Trinajstić information content (AvgIpc) is 2.22. The summed E-state index contributed by atoms with van der Waals surface area (Å²) in [7, 11) is 0. The van der Waals surface area contributed by atoms with Gasteiger partial charge in [0, 0.05) is 21.1 Å². The van der Waals surface area contributed by atoms with Crippen LogP contribution in [0.2, 0.25) is 0 Å². The maximum absolute atomic E-state index is 9.57. The Balaban J connectivity index is 2.18. The molecular weight excluding hydrogens is 371 g/mol. The molecule has 0 amide bonds. The van der Waals surface area contributed by atoms with Crippen LogP contribution in [0, 0.1) is 3.57 Å². The van der Waals surface area contributed by atoms with Crippen LogP contribution in [0.5, 0.6) is 0 Å². The zero-order valence-electron chi connectivity index (χ0n) is 8.12. The van der Waals surface area contributed by atoms with Crippen molar-refractivity contribution < 1.29 is 9.84 Å². The lowest BCUT2D eigenvalue weighted by Gasteiger charge is -2.27. The van der Waals surface area contributed by atoms with Crippen molar-refractivity contribution >= 4 is 38.5 Å². The van der Waals surface area contributed by atoms with Crippen LogP contribution in [0.3, 0.4) is 0 Å². The molecule has 1 heterocycles. The van der Waals surface area contributed by atoms with E-state index >= 15 is 0 Å². The lowest BCUT2D eigenvalue weighted by Crippen LogP contribution is -2.23. The zero-order chi connectivity index (χ0) is 10.8. The summed E-state index contributed by atoms with van der Waals surface area (Å²) in [5.41, 5.74) is 1.15. The second-order valence-corrected chi connectivity index (χ2v) is 5.73. The summed E-state index contributed by atoms with van der Waals surface area (Å²) in [6.45, 7) is 0.651. The monoisotopic (exact) mass is 382 g/mol. The van der Waals surface area contributed by atoms with Crippen LogP contribution in [0.4, 0.5) is 0 Å². The summed E-state index contributed by atoms with van der Waals surface area (Å²) >= 11 is 5.75. The van der Waals surface area contributed by atoms with Gasteiger partial charge in [-0.2, -0.15) is 0 Å². The number of halogens is 2. The summed E-state index contributed by atoms with van der Waals surface area (Å²) in [4.78, 5) is 0. The molecule has 0 saturated carbocycles. The Morgan fingerprint density at radius 2 is 2.27 bits per heavy atom. The molecule has 2 unspecified atom stereocenters. The maximum atomic E-state index is 9.57. The first-order valence-electron chi connectivity index (χ1n) is 4.91. The fourth-order valence-corrected chi connectivity index (χ4v) is 2.51. The minimum atomic E-state index is -0.218. The first-order valence-corrected chi connectivity index (χ1v) is 6.78. The molecular formula is C11H12BrIO2. The van der Waals surface area contributed by atoms with E-state index in [0.29, 0.717) is 13.0 Å². The van der Waals surface area contributed by atoms with Crippen LogP contribution in [0.25, 0.3) is 0 Å². The standard InChI is InChI=1S/C11H12BrIO2/c12-9-2-1-7(5-10(9)13)11-6-8(14)3-4-15-11/h1-2,5,8,11,14H,3-4,6H2. The normalized spacial score (nSPS) is 26.6. The number of hydrogen-bond acceptors (Lipinski definition) is 2. The molecule has 2 nitrogen and oxygen atoms in total. The fourth-order valence-electron chi connectivity index (χ4n) is 1.72. The highest BCUT2D eigenvalue weighted by Crippen LogP contribution is 2.30. The van der Waals surface area contributed by atoms with Gasteiger partial charge in [-0.1, -0.05) is 6.07 Å². The van der Waals surface area contributed by atoms with E-state index in [9.17, 15) is 5.11 Å². The molecule has 0 aliphatic carbocycles. The largest absolute Gasteiger partial charge is 0.393 e. The maximum Gasteiger partial charge on any atom is 0.0849 e. The van der Waals surface area contributed by atoms with E-state index in [2.05, 4.69) is 50.7 Å². The molecule has 82 valence electrons. The van der Waals surface area contributed by atoms with E-state index in [-0.39, 0.29) is 12.2 Å². The van der Waals surface area contributed by atoms with Crippen molar-refractivity contribution in [1.82, 2.24) is 0 Å². The third-order valence-corrected chi connectivity index (χ3v) is 4.90. The van der Waals surface area contributed by atoms with E-state index < -0.39 is 0 Å². The fraction of sp³-hybridized carbons (Fsp3) is 0.455. The first-order chi connectivity index (χ1) is 7.16. The lowest BCUT2D eigenvalue weighted by atomic mass is 10.00. The number of aliphatic hydroxyl groups is 1. The molecule has 0 radical (unpaired) electrons. The summed E-state index contributed by atoms with van der Waals surface area (Å²) < 4.78 is 7.93. The molecule has 1 aromatic rings. The van der Waals surface area contributed by atoms with Gasteiger partial charge in [0.2, 0.25) is 0 Å². The van der Waals surface area contributed by atoms with Crippen molar-refractivity contribution in [2.45, 2.75) is 25.0 Å². The number of ether oxygens (including phenoxy) is 1. The quantitative estimate of drug-likeness (QED) is 0.755. The molecule has 1 fully saturated rings. The molecule has 0 aromatic heterocycles. The van der Waals surface area contributed by atoms with Crippen molar-refractivity contribution in [1.29, 1.82) is 0 Å². The van der Waals surface area contributed by atoms with E-state index in [1.165, 1.54) is 3.57 Å². The van der Waals surface area contributed by atoms with Crippen LogP contribution in [-0.2, 0) is 4.74 Å². The van der Waals surface area contributed by atoms with Gasteiger partial charge in [0.15, 0.2) is 0 Å². The van der Waals surface area contributed by atoms with Gasteiger partial charge in [-0.15, -0.1) is 0 Å². The van der Waals surface area contributed by atoms with Crippen LogP contribution in [0.15, 0.2) is 22.7 Å². The molecule has 1 N–H and O–H groups in total. The average molecular weight is 383 g/mol. The Kier molecular flexibility index (Phi) is 4.04. The third kappa shape index (κ3) is 2.93. The predicted octanol–water partition coefficient (Wildman–Crippen LogP) is 3.27. The van der Waals surface area contributed by atoms with Crippen LogP contribution in [-0.4, -0.2) is 17.8 Å². The Labute approximate surface area is 111 Å². The van der Waals surface area contributed by atoms with Crippen molar-refractivity contribution in [2.75, 3.05) is 6.61 Å². The molecule has 1 aromatic carbocycles. The van der Waals surface area contributed by atoms with Crippen LogP contribution < -0.4 is 0 Å². The van der Waals surface area contributed by atoms with Gasteiger partial charge in [-0.05, 0) is 62.6 Å². The van der Waals surface area contributed by atoms with Crippen molar-refractivity contribution in [3.8, 4) is 0 Å². The van der Waals surface area contributed by atoms with E-state index in [1.54, 1.807) is 0 Å². The summed E-state index contributed by atoms with van der Waals surface area (Å²) in [5.74, 6) is 0. The number of benzene rings is 1. The van der Waals surface area contributed by atoms with Gasteiger partial charge < -0.3 is 9.84 Å². The Hall–Kier alpha value is 0.350. The second-order valence-electron chi connectivity index (χ2n) is 3.71. The van der Waals surface area contributed by atoms with Gasteiger partial charge in [-0.3, -0.25) is 0 Å². The molecule has 1 saturated heterocycles. The topological polar surface area (TPSA) is 29.5 Å². The van der Waals surface area contributed by atoms with E-state index in [1.807, 2.05) is 6.07 Å². The second kappa shape index (κ2) is 5.12. The highest BCUT2D eigenvalue weighted by molar-refractivity contribution is 14.1. The minimum Gasteiger partial charge on any atom is -0.393 e. The Morgan fingerprint density at radius 3 is 2.93 bits per heavy atom. The van der Waals surface area contributed by atoms with Crippen molar-refractivity contribution in [3.63, 3.8) is 0 Å². The van der Waals surface area contributed by atoms with E-state index in [0.717, 1.165) is 16.5 Å². The zero-order valence-corrected chi connectivity index (χ0v) is 11.9. The molecule has 15 heavy (non-hydrogen) atoms. The summed E-state index contributed by atoms with van der Waals surface area (Å²) in [6, 6.07) is 6.18. The van der Waals surface area contributed by atoms with Crippen molar-refractivity contribution in [3.05, 3.63) is 31.8 Å². The Morgan fingerprint density at radius 1 is 1.47 bits per heavy atom. The predicted molar refractivity (Wildman–Crippen MR) is 70.8 cm³/mol. The van der Waals surface area contributed by atoms with Crippen LogP contribution >= 0.6 is 38.5 Å². The van der Waals surface area contributed by atoms with Gasteiger partial charge in [0.25, 0.3) is 0 Å². The molecule has 2 rings (SSSR count). The Bertz CT molecular complexity index is 356. The summed E-state index contributed by atoms with van der Waals surface area (Å²) in [6.07, 6.45) is 1.29. The van der Waals surface area contributed by atoms with Crippen LogP contribution in [0.1, 0.15) is 24.5 Å². The highest BCUT2D eigenvalue weighted by Gasteiger charge is 2.22. The smallest absolute Gasteiger partial charge is 0.0849 e.